The van der Waals surface area contributed by atoms with E-state index < -0.39 is 23.0 Å². The fourth-order valence-corrected chi connectivity index (χ4v) is 2.75. The lowest BCUT2D eigenvalue weighted by Crippen LogP contribution is -2.45. The number of carboxylic acid groups (broad SMARTS) is 2. The predicted molar refractivity (Wildman–Crippen MR) is 89.4 cm³/mol. The van der Waals surface area contributed by atoms with Gasteiger partial charge >= 0.3 is 11.9 Å². The fraction of sp³-hybridized carbons (Fsp3) is 0.444. The summed E-state index contributed by atoms with van der Waals surface area (Å²) in [6.45, 7) is 1.59. The van der Waals surface area contributed by atoms with E-state index in [4.69, 9.17) is 9.84 Å². The molecule has 1 aromatic rings. The van der Waals surface area contributed by atoms with E-state index in [0.29, 0.717) is 18.4 Å². The van der Waals surface area contributed by atoms with Crippen LogP contribution in [0.3, 0.4) is 0 Å². The van der Waals surface area contributed by atoms with Crippen LogP contribution in [0.1, 0.15) is 38.2 Å². The number of benzene rings is 1. The molecule has 0 radical (unpaired) electrons. The molecule has 0 amide bonds. The van der Waals surface area contributed by atoms with Gasteiger partial charge in [0.2, 0.25) is 0 Å². The van der Waals surface area contributed by atoms with E-state index in [1.165, 1.54) is 24.3 Å². The van der Waals surface area contributed by atoms with Gasteiger partial charge in [0.25, 0.3) is 0 Å². The summed E-state index contributed by atoms with van der Waals surface area (Å²) in [6, 6.07) is 4.39. The molecule has 136 valence electrons. The summed E-state index contributed by atoms with van der Waals surface area (Å²) >= 11 is 0. The number of phenols is 1. The van der Waals surface area contributed by atoms with Crippen LogP contribution >= 0.6 is 0 Å². The molecule has 0 heterocycles. The molecular weight excluding hydrogens is 328 g/mol. The summed E-state index contributed by atoms with van der Waals surface area (Å²) in [5, 5.41) is 38.3. The first kappa shape index (κ1) is 18.8. The Balaban J connectivity index is 2.02. The molecule has 0 bridgehead atoms. The van der Waals surface area contributed by atoms with Crippen molar-refractivity contribution in [3.05, 3.63) is 29.8 Å². The molecular formula is C18H22O7. The Hall–Kier alpha value is -2.54. The second-order valence-electron chi connectivity index (χ2n) is 6.78. The average molecular weight is 350 g/mol. The maximum absolute atomic E-state index is 11.3. The van der Waals surface area contributed by atoms with Crippen molar-refractivity contribution in [1.82, 2.24) is 0 Å². The van der Waals surface area contributed by atoms with Crippen LogP contribution in [0.2, 0.25) is 0 Å². The van der Waals surface area contributed by atoms with Crippen molar-refractivity contribution >= 4 is 18.0 Å². The van der Waals surface area contributed by atoms with Crippen LogP contribution in [0, 0.1) is 5.41 Å². The van der Waals surface area contributed by atoms with E-state index in [1.54, 1.807) is 6.92 Å². The Bertz CT molecular complexity index is 685. The van der Waals surface area contributed by atoms with Gasteiger partial charge in [-0.3, -0.25) is 4.79 Å². The van der Waals surface area contributed by atoms with Crippen molar-refractivity contribution in [3.63, 3.8) is 0 Å². The number of phenolic OH excluding ortho intramolecular Hbond substituents is 1. The quantitative estimate of drug-likeness (QED) is 0.580. The second-order valence-corrected chi connectivity index (χ2v) is 6.78. The first-order chi connectivity index (χ1) is 11.6. The summed E-state index contributed by atoms with van der Waals surface area (Å²) in [5.41, 5.74) is -1.46. The topological polar surface area (TPSA) is 124 Å². The largest absolute Gasteiger partial charge is 0.504 e. The van der Waals surface area contributed by atoms with Gasteiger partial charge in [-0.1, -0.05) is 6.07 Å². The van der Waals surface area contributed by atoms with Crippen molar-refractivity contribution in [2.24, 2.45) is 5.41 Å². The van der Waals surface area contributed by atoms with Crippen LogP contribution in [-0.2, 0) is 9.59 Å². The molecule has 0 aliphatic heterocycles. The number of aromatic hydroxyl groups is 1. The van der Waals surface area contributed by atoms with E-state index in [2.05, 4.69) is 0 Å². The third kappa shape index (κ3) is 4.73. The lowest BCUT2D eigenvalue weighted by atomic mass is 9.70. The highest BCUT2D eigenvalue weighted by Gasteiger charge is 2.43. The van der Waals surface area contributed by atoms with Gasteiger partial charge in [-0.2, -0.15) is 0 Å². The molecule has 0 aromatic heterocycles. The van der Waals surface area contributed by atoms with Gasteiger partial charge in [0.15, 0.2) is 11.5 Å². The zero-order valence-electron chi connectivity index (χ0n) is 13.9. The monoisotopic (exact) mass is 350 g/mol. The van der Waals surface area contributed by atoms with Crippen LogP contribution in [-0.4, -0.2) is 44.6 Å². The minimum atomic E-state index is -1.16. The third-order valence-corrected chi connectivity index (χ3v) is 4.70. The van der Waals surface area contributed by atoms with Gasteiger partial charge < -0.3 is 25.2 Å². The highest BCUT2D eigenvalue weighted by molar-refractivity contribution is 5.85. The van der Waals surface area contributed by atoms with Crippen LogP contribution in [0.25, 0.3) is 6.08 Å². The molecule has 0 spiro atoms. The molecule has 1 saturated carbocycles. The third-order valence-electron chi connectivity index (χ3n) is 4.70. The zero-order chi connectivity index (χ0) is 18.7. The number of hydrogen-bond acceptors (Lipinski definition) is 5. The van der Waals surface area contributed by atoms with Crippen LogP contribution in [0.4, 0.5) is 0 Å². The smallest absolute Gasteiger partial charge is 0.328 e. The fourth-order valence-electron chi connectivity index (χ4n) is 2.75. The van der Waals surface area contributed by atoms with E-state index in [1.807, 2.05) is 0 Å². The van der Waals surface area contributed by atoms with Gasteiger partial charge in [0.05, 0.1) is 11.0 Å². The molecule has 1 aromatic carbocycles. The summed E-state index contributed by atoms with van der Waals surface area (Å²) in [4.78, 5) is 21.8. The normalized spacial score (nSPS) is 26.5. The average Bonchev–Trinajstić information content (AvgIpc) is 2.56. The highest BCUT2D eigenvalue weighted by Crippen LogP contribution is 2.41. The van der Waals surface area contributed by atoms with Crippen molar-refractivity contribution in [1.29, 1.82) is 0 Å². The van der Waals surface area contributed by atoms with E-state index in [-0.39, 0.29) is 30.9 Å². The molecule has 4 N–H and O–H groups in total. The number of carboxylic acids is 2. The Labute approximate surface area is 145 Å². The predicted octanol–water partition coefficient (Wildman–Crippen LogP) is 2.26. The molecule has 7 heteroatoms. The van der Waals surface area contributed by atoms with E-state index >= 15 is 0 Å². The molecule has 1 aliphatic carbocycles. The lowest BCUT2D eigenvalue weighted by molar-refractivity contribution is -0.154. The van der Waals surface area contributed by atoms with Crippen molar-refractivity contribution in [3.8, 4) is 11.5 Å². The number of ether oxygens (including phenoxy) is 1. The number of carbonyl (C=O) groups is 2. The second kappa shape index (κ2) is 7.14. The first-order valence-electron chi connectivity index (χ1n) is 7.96. The van der Waals surface area contributed by atoms with Crippen LogP contribution in [0.5, 0.6) is 11.5 Å². The van der Waals surface area contributed by atoms with Crippen LogP contribution < -0.4 is 4.74 Å². The summed E-state index contributed by atoms with van der Waals surface area (Å²) in [6.07, 6.45) is 3.59. The minimum Gasteiger partial charge on any atom is -0.504 e. The Kier molecular flexibility index (Phi) is 5.37. The van der Waals surface area contributed by atoms with Gasteiger partial charge in [0, 0.05) is 6.08 Å². The standard InChI is InChI=1S/C18H22O7/c1-17(16(22)23)6-8-18(24,9-7-17)11-25-14-10-12(2-4-13(14)19)3-5-15(20)21/h2-5,10,19,24H,6-9,11H2,1H3,(H,20,21)(H,22,23). The molecule has 2 rings (SSSR count). The summed E-state index contributed by atoms with van der Waals surface area (Å²) in [7, 11) is 0. The van der Waals surface area contributed by atoms with Crippen molar-refractivity contribution in [2.45, 2.75) is 38.2 Å². The first-order valence-corrected chi connectivity index (χ1v) is 7.96. The number of rotatable bonds is 6. The molecule has 1 fully saturated rings. The highest BCUT2D eigenvalue weighted by atomic mass is 16.5. The number of aliphatic carboxylic acids is 2. The summed E-state index contributed by atoms with van der Waals surface area (Å²) in [5.74, 6) is -1.95. The van der Waals surface area contributed by atoms with E-state index in [0.717, 1.165) is 6.08 Å². The molecule has 0 saturated heterocycles. The minimum absolute atomic E-state index is 0.0810. The molecule has 7 nitrogen and oxygen atoms in total. The maximum atomic E-state index is 11.3. The van der Waals surface area contributed by atoms with Gasteiger partial charge in [0.1, 0.15) is 6.61 Å². The Morgan fingerprint density at radius 1 is 1.20 bits per heavy atom. The van der Waals surface area contributed by atoms with Gasteiger partial charge in [-0.25, -0.2) is 4.79 Å². The summed E-state index contributed by atoms with van der Waals surface area (Å²) < 4.78 is 5.53. The molecule has 1 aliphatic rings. The van der Waals surface area contributed by atoms with Crippen molar-refractivity contribution < 1.29 is 34.8 Å². The lowest BCUT2D eigenvalue weighted by Gasteiger charge is -2.39. The maximum Gasteiger partial charge on any atom is 0.328 e. The molecule has 0 unspecified atom stereocenters. The zero-order valence-corrected chi connectivity index (χ0v) is 13.9. The number of aliphatic hydroxyl groups is 1. The molecule has 0 atom stereocenters. The Morgan fingerprint density at radius 2 is 1.84 bits per heavy atom. The van der Waals surface area contributed by atoms with Gasteiger partial charge in [-0.15, -0.1) is 0 Å². The Morgan fingerprint density at radius 3 is 2.40 bits per heavy atom. The van der Waals surface area contributed by atoms with E-state index in [9.17, 15) is 24.9 Å². The van der Waals surface area contributed by atoms with Crippen LogP contribution in [0.15, 0.2) is 24.3 Å². The molecule has 25 heavy (non-hydrogen) atoms. The van der Waals surface area contributed by atoms with Crippen molar-refractivity contribution in [2.75, 3.05) is 6.61 Å². The van der Waals surface area contributed by atoms with Gasteiger partial charge in [-0.05, 0) is 56.4 Å². The number of hydrogen-bond donors (Lipinski definition) is 4. The SMILES string of the molecule is CC1(C(=O)O)CCC(O)(COc2cc(C=CC(=O)O)ccc2O)CC1.